The Kier molecular flexibility index (Phi) is 6.32. The molecule has 12 nitrogen and oxygen atoms in total. The molecular formula is C20H22N4O8. The van der Waals surface area contributed by atoms with Crippen LogP contribution in [0.5, 0.6) is 0 Å². The number of esters is 2. The fourth-order valence-electron chi connectivity index (χ4n) is 3.04. The molecule has 170 valence electrons. The molecule has 0 bridgehead atoms. The number of hydrogen-bond acceptors (Lipinski definition) is 10. The molecule has 1 atom stereocenters. The lowest BCUT2D eigenvalue weighted by atomic mass is 10.1. The summed E-state index contributed by atoms with van der Waals surface area (Å²) in [4.78, 5) is 58.7. The Balaban J connectivity index is 2.15. The molecule has 1 aromatic carbocycles. The number of fused-ring (bicyclic) bond motifs is 1. The van der Waals surface area contributed by atoms with Crippen LogP contribution in [0.3, 0.4) is 0 Å². The molecule has 0 fully saturated rings. The van der Waals surface area contributed by atoms with Crippen molar-refractivity contribution in [2.75, 3.05) is 21.2 Å². The monoisotopic (exact) mass is 446 g/mol. The zero-order valence-corrected chi connectivity index (χ0v) is 18.1. The van der Waals surface area contributed by atoms with Crippen molar-refractivity contribution in [3.63, 3.8) is 0 Å². The number of amides is 1. The zero-order chi connectivity index (χ0) is 23.6. The average molecular weight is 446 g/mol. The molecule has 0 saturated heterocycles. The number of para-hydroxylation sites is 1. The minimum absolute atomic E-state index is 0.0627. The lowest BCUT2D eigenvalue weighted by Gasteiger charge is -2.22. The molecule has 1 aliphatic heterocycles. The van der Waals surface area contributed by atoms with E-state index in [1.807, 2.05) is 0 Å². The number of imidazole rings is 1. The summed E-state index contributed by atoms with van der Waals surface area (Å²) >= 11 is 0. The van der Waals surface area contributed by atoms with Gasteiger partial charge < -0.3 is 23.9 Å². The molecule has 1 aliphatic rings. The molecule has 12 heteroatoms. The van der Waals surface area contributed by atoms with Crippen LogP contribution >= 0.6 is 0 Å². The van der Waals surface area contributed by atoms with Gasteiger partial charge in [-0.15, -0.1) is 5.06 Å². The van der Waals surface area contributed by atoms with Gasteiger partial charge in [0.05, 0.1) is 18.2 Å². The van der Waals surface area contributed by atoms with Crippen molar-refractivity contribution in [1.82, 2.24) is 19.5 Å². The molecule has 0 aliphatic carbocycles. The third-order valence-corrected chi connectivity index (χ3v) is 4.36. The van der Waals surface area contributed by atoms with Gasteiger partial charge in [-0.3, -0.25) is 23.7 Å². The van der Waals surface area contributed by atoms with E-state index in [4.69, 9.17) is 14.3 Å². The van der Waals surface area contributed by atoms with Gasteiger partial charge in [0.25, 0.3) is 17.7 Å². The lowest BCUT2D eigenvalue weighted by molar-refractivity contribution is -0.219. The number of rotatable bonds is 6. The lowest BCUT2D eigenvalue weighted by Crippen LogP contribution is -2.35. The number of aromatic nitrogens is 2. The second-order valence-electron chi connectivity index (χ2n) is 6.95. The minimum atomic E-state index is -1.17. The number of nitrogens with zero attached hydrogens (tertiary/aromatic N) is 4. The topological polar surface area (TPSA) is 130 Å². The molecule has 0 radical (unpaired) electrons. The Labute approximate surface area is 182 Å². The quantitative estimate of drug-likeness (QED) is 0.594. The first-order valence-corrected chi connectivity index (χ1v) is 9.46. The van der Waals surface area contributed by atoms with Gasteiger partial charge in [-0.2, -0.15) is 0 Å². The summed E-state index contributed by atoms with van der Waals surface area (Å²) in [7, 11) is 4.43. The van der Waals surface area contributed by atoms with E-state index in [-0.39, 0.29) is 24.1 Å². The number of ether oxygens (including phenoxy) is 3. The molecule has 32 heavy (non-hydrogen) atoms. The van der Waals surface area contributed by atoms with Crippen molar-refractivity contribution >= 4 is 40.7 Å². The van der Waals surface area contributed by atoms with Gasteiger partial charge in [-0.05, 0) is 12.1 Å². The van der Waals surface area contributed by atoms with Gasteiger partial charge >= 0.3 is 17.9 Å². The Hall–Kier alpha value is -4.09. The number of hydroxylamine groups is 2. The van der Waals surface area contributed by atoms with E-state index in [2.05, 4.69) is 9.72 Å². The van der Waals surface area contributed by atoms with Crippen molar-refractivity contribution in [3.05, 3.63) is 36.0 Å². The van der Waals surface area contributed by atoms with Crippen LogP contribution in [0.25, 0.3) is 16.9 Å². The van der Waals surface area contributed by atoms with Crippen LogP contribution < -0.4 is 0 Å². The number of hydrogen-bond donors (Lipinski definition) is 0. The Bertz CT molecular complexity index is 1120. The second-order valence-corrected chi connectivity index (χ2v) is 6.95. The standard InChI is InChI=1S/C20H22N4O8/c1-11(25)30-20-19(31-15(9-16(27)29-5)24(20)32-12(2)26)23-10-21-17-13(18(28)22(3)4)7-6-8-14(17)23/h6-8,10,15H,9H2,1-5H3. The average Bonchev–Trinajstić information content (AvgIpc) is 3.28. The van der Waals surface area contributed by atoms with Gasteiger partial charge in [-0.25, -0.2) is 4.98 Å². The number of carbonyl (C=O) groups is 4. The van der Waals surface area contributed by atoms with E-state index in [1.165, 1.54) is 22.9 Å². The summed E-state index contributed by atoms with van der Waals surface area (Å²) in [6.45, 7) is 2.30. The van der Waals surface area contributed by atoms with Gasteiger partial charge in [0, 0.05) is 27.9 Å². The molecule has 0 spiro atoms. The fraction of sp³-hybridized carbons (Fsp3) is 0.350. The highest BCUT2D eigenvalue weighted by molar-refractivity contribution is 6.05. The van der Waals surface area contributed by atoms with E-state index in [0.29, 0.717) is 16.6 Å². The fourth-order valence-corrected chi connectivity index (χ4v) is 3.04. The highest BCUT2D eigenvalue weighted by Crippen LogP contribution is 2.34. The minimum Gasteiger partial charge on any atom is -0.469 e. The third kappa shape index (κ3) is 4.33. The van der Waals surface area contributed by atoms with Crippen molar-refractivity contribution in [1.29, 1.82) is 0 Å². The molecular weight excluding hydrogens is 424 g/mol. The van der Waals surface area contributed by atoms with Crippen LogP contribution in [-0.2, 0) is 33.4 Å². The number of carbonyl (C=O) groups excluding carboxylic acids is 4. The molecule has 1 amide bonds. The Morgan fingerprint density at radius 1 is 1.16 bits per heavy atom. The van der Waals surface area contributed by atoms with Crippen LogP contribution in [0.15, 0.2) is 30.4 Å². The van der Waals surface area contributed by atoms with Crippen LogP contribution in [0.1, 0.15) is 30.6 Å². The van der Waals surface area contributed by atoms with Gasteiger partial charge in [0.15, 0.2) is 0 Å². The molecule has 1 unspecified atom stereocenters. The maximum absolute atomic E-state index is 12.5. The molecule has 2 heterocycles. The zero-order valence-electron chi connectivity index (χ0n) is 18.1. The molecule has 0 saturated carbocycles. The van der Waals surface area contributed by atoms with Crippen LogP contribution in [0.2, 0.25) is 0 Å². The van der Waals surface area contributed by atoms with E-state index in [9.17, 15) is 19.2 Å². The first-order chi connectivity index (χ1) is 15.1. The first kappa shape index (κ1) is 22.6. The predicted molar refractivity (Wildman–Crippen MR) is 108 cm³/mol. The summed E-state index contributed by atoms with van der Waals surface area (Å²) < 4.78 is 17.2. The summed E-state index contributed by atoms with van der Waals surface area (Å²) in [5.74, 6) is -2.68. The van der Waals surface area contributed by atoms with E-state index in [0.717, 1.165) is 18.9 Å². The highest BCUT2D eigenvalue weighted by atomic mass is 16.8. The molecule has 2 aromatic rings. The van der Waals surface area contributed by atoms with Crippen LogP contribution in [0.4, 0.5) is 0 Å². The molecule has 3 rings (SSSR count). The Morgan fingerprint density at radius 2 is 1.88 bits per heavy atom. The summed E-state index contributed by atoms with van der Waals surface area (Å²) in [6, 6.07) is 4.97. The molecule has 1 aromatic heterocycles. The summed E-state index contributed by atoms with van der Waals surface area (Å²) in [6.07, 6.45) is -0.142. The summed E-state index contributed by atoms with van der Waals surface area (Å²) in [5.41, 5.74) is 1.18. The van der Waals surface area contributed by atoms with E-state index >= 15 is 0 Å². The van der Waals surface area contributed by atoms with Crippen molar-refractivity contribution in [3.8, 4) is 0 Å². The van der Waals surface area contributed by atoms with E-state index < -0.39 is 24.1 Å². The maximum Gasteiger partial charge on any atom is 0.329 e. The second kappa shape index (κ2) is 8.96. The van der Waals surface area contributed by atoms with Crippen molar-refractivity contribution < 1.29 is 38.2 Å². The highest BCUT2D eigenvalue weighted by Gasteiger charge is 2.42. The van der Waals surface area contributed by atoms with Gasteiger partial charge in [-0.1, -0.05) is 6.07 Å². The number of benzene rings is 1. The predicted octanol–water partition coefficient (Wildman–Crippen LogP) is 1.08. The maximum atomic E-state index is 12.5. The van der Waals surface area contributed by atoms with Crippen LogP contribution in [0, 0.1) is 0 Å². The summed E-state index contributed by atoms with van der Waals surface area (Å²) in [5, 5.41) is 0.886. The largest absolute Gasteiger partial charge is 0.469 e. The van der Waals surface area contributed by atoms with E-state index in [1.54, 1.807) is 32.3 Å². The van der Waals surface area contributed by atoms with Crippen molar-refractivity contribution in [2.45, 2.75) is 26.5 Å². The van der Waals surface area contributed by atoms with Gasteiger partial charge in [0.1, 0.15) is 18.3 Å². The number of methoxy groups -OCH3 is 1. The molecule has 0 N–H and O–H groups in total. The third-order valence-electron chi connectivity index (χ3n) is 4.36. The van der Waals surface area contributed by atoms with Crippen LogP contribution in [-0.4, -0.2) is 70.8 Å². The van der Waals surface area contributed by atoms with Crippen molar-refractivity contribution in [2.24, 2.45) is 0 Å². The normalized spacial score (nSPS) is 15.4. The first-order valence-electron chi connectivity index (χ1n) is 9.46. The van der Waals surface area contributed by atoms with Gasteiger partial charge in [0.2, 0.25) is 6.23 Å². The smallest absolute Gasteiger partial charge is 0.329 e. The SMILES string of the molecule is COC(=O)CC1OC(n2cnc3c(C(=O)N(C)C)cccc32)=C(OC(C)=O)N1OC(C)=O. The Morgan fingerprint density at radius 3 is 2.47 bits per heavy atom.